The van der Waals surface area contributed by atoms with Crippen molar-refractivity contribution in [2.24, 2.45) is 27.2 Å². The van der Waals surface area contributed by atoms with Gasteiger partial charge in [-0.05, 0) is 0 Å². The molecular formula is C8H17N5O2. The third-order valence-corrected chi connectivity index (χ3v) is 2.27. The van der Waals surface area contributed by atoms with E-state index in [0.29, 0.717) is 19.8 Å². The molecule has 0 radical (unpaired) electrons. The quantitative estimate of drug-likeness (QED) is 0.386. The second-order valence-corrected chi connectivity index (χ2v) is 3.40. The van der Waals surface area contributed by atoms with E-state index in [1.54, 1.807) is 7.11 Å². The van der Waals surface area contributed by atoms with Crippen molar-refractivity contribution >= 4 is 11.9 Å². The minimum Gasteiger partial charge on any atom is -0.378 e. The molecule has 7 heteroatoms. The largest absolute Gasteiger partial charge is 0.378 e. The van der Waals surface area contributed by atoms with Crippen LogP contribution in [0.4, 0.5) is 0 Å². The summed E-state index contributed by atoms with van der Waals surface area (Å²) in [6, 6.07) is 0. The number of guanidine groups is 2. The Morgan fingerprint density at radius 3 is 2.67 bits per heavy atom. The summed E-state index contributed by atoms with van der Waals surface area (Å²) >= 11 is 0. The van der Waals surface area contributed by atoms with Crippen LogP contribution in [0.1, 0.15) is 6.42 Å². The van der Waals surface area contributed by atoms with Crippen LogP contribution in [0, 0.1) is 0 Å². The highest BCUT2D eigenvalue weighted by atomic mass is 16.5. The Morgan fingerprint density at radius 1 is 1.47 bits per heavy atom. The van der Waals surface area contributed by atoms with Gasteiger partial charge in [0.25, 0.3) is 0 Å². The van der Waals surface area contributed by atoms with Gasteiger partial charge in [-0.15, -0.1) is 0 Å². The van der Waals surface area contributed by atoms with Gasteiger partial charge in [-0.3, -0.25) is 0 Å². The van der Waals surface area contributed by atoms with Crippen molar-refractivity contribution < 1.29 is 9.47 Å². The zero-order valence-corrected chi connectivity index (χ0v) is 8.77. The van der Waals surface area contributed by atoms with Crippen LogP contribution in [-0.2, 0) is 9.47 Å². The fourth-order valence-corrected chi connectivity index (χ4v) is 1.33. The molecule has 1 unspecified atom stereocenters. The molecule has 86 valence electrons. The molecule has 0 saturated carbocycles. The highest BCUT2D eigenvalue weighted by Crippen LogP contribution is 2.22. The van der Waals surface area contributed by atoms with E-state index in [4.69, 9.17) is 26.7 Å². The molecule has 1 atom stereocenters. The van der Waals surface area contributed by atoms with Crippen molar-refractivity contribution in [3.05, 3.63) is 0 Å². The van der Waals surface area contributed by atoms with Crippen LogP contribution in [0.25, 0.3) is 0 Å². The summed E-state index contributed by atoms with van der Waals surface area (Å²) in [4.78, 5) is 7.64. The molecular weight excluding hydrogens is 198 g/mol. The molecule has 1 fully saturated rings. The number of nitrogens with zero attached hydrogens (tertiary/aromatic N) is 2. The molecule has 0 amide bonds. The first-order valence-corrected chi connectivity index (χ1v) is 4.60. The zero-order valence-electron chi connectivity index (χ0n) is 8.77. The third-order valence-electron chi connectivity index (χ3n) is 2.27. The summed E-state index contributed by atoms with van der Waals surface area (Å²) in [5.74, 6) is -0.0521. The minimum atomic E-state index is -0.385. The van der Waals surface area contributed by atoms with Crippen molar-refractivity contribution in [2.45, 2.75) is 12.0 Å². The molecule has 1 aliphatic rings. The molecule has 0 aliphatic carbocycles. The molecule has 1 rings (SSSR count). The summed E-state index contributed by atoms with van der Waals surface area (Å²) in [6.45, 7) is 1.58. The smallest absolute Gasteiger partial charge is 0.218 e. The molecule has 0 spiro atoms. The highest BCUT2D eigenvalue weighted by Gasteiger charge is 2.34. The first-order valence-electron chi connectivity index (χ1n) is 4.60. The van der Waals surface area contributed by atoms with Crippen molar-refractivity contribution in [1.29, 1.82) is 0 Å². The predicted octanol–water partition coefficient (Wildman–Crippen LogP) is -1.62. The van der Waals surface area contributed by atoms with E-state index in [1.165, 1.54) is 0 Å². The van der Waals surface area contributed by atoms with Crippen molar-refractivity contribution in [1.82, 2.24) is 0 Å². The monoisotopic (exact) mass is 215 g/mol. The lowest BCUT2D eigenvalue weighted by molar-refractivity contribution is -0.00901. The van der Waals surface area contributed by atoms with E-state index in [9.17, 15) is 0 Å². The Hall–Kier alpha value is -1.34. The standard InChI is InChI=1S/C8H17N5O2/c1-14-8(2-3-15-5-8)4-12-7(11)13-6(9)10/h2-5H2,1H3,(H6,9,10,11,12,13). The van der Waals surface area contributed by atoms with E-state index >= 15 is 0 Å². The predicted molar refractivity (Wildman–Crippen MR) is 57.5 cm³/mol. The number of hydrogen-bond acceptors (Lipinski definition) is 3. The fraction of sp³-hybridized carbons (Fsp3) is 0.750. The second kappa shape index (κ2) is 4.94. The average Bonchev–Trinajstić information content (AvgIpc) is 2.63. The van der Waals surface area contributed by atoms with E-state index < -0.39 is 0 Å². The molecule has 0 aromatic carbocycles. The van der Waals surface area contributed by atoms with Crippen molar-refractivity contribution in [2.75, 3.05) is 26.9 Å². The van der Waals surface area contributed by atoms with Gasteiger partial charge in [0.05, 0.1) is 13.2 Å². The lowest BCUT2D eigenvalue weighted by atomic mass is 10.0. The molecule has 6 N–H and O–H groups in total. The van der Waals surface area contributed by atoms with Crippen LogP contribution < -0.4 is 17.2 Å². The number of rotatable bonds is 3. The first kappa shape index (κ1) is 11.7. The van der Waals surface area contributed by atoms with Gasteiger partial charge in [-0.25, -0.2) is 4.99 Å². The molecule has 0 aromatic rings. The van der Waals surface area contributed by atoms with Crippen molar-refractivity contribution in [3.63, 3.8) is 0 Å². The molecule has 1 aliphatic heterocycles. The van der Waals surface area contributed by atoms with Crippen LogP contribution in [-0.4, -0.2) is 44.4 Å². The molecule has 15 heavy (non-hydrogen) atoms. The summed E-state index contributed by atoms with van der Waals surface area (Å²) in [5.41, 5.74) is 15.4. The van der Waals surface area contributed by atoms with Gasteiger partial charge >= 0.3 is 0 Å². The topological polar surface area (TPSA) is 121 Å². The van der Waals surface area contributed by atoms with E-state index in [-0.39, 0.29) is 17.5 Å². The first-order chi connectivity index (χ1) is 7.08. The molecule has 7 nitrogen and oxygen atoms in total. The van der Waals surface area contributed by atoms with Gasteiger partial charge in [0.1, 0.15) is 5.60 Å². The Balaban J connectivity index is 2.57. The zero-order chi connectivity index (χ0) is 11.3. The Kier molecular flexibility index (Phi) is 3.87. The summed E-state index contributed by atoms with van der Waals surface area (Å²) < 4.78 is 10.6. The van der Waals surface area contributed by atoms with Crippen LogP contribution in [0.3, 0.4) is 0 Å². The summed E-state index contributed by atoms with van der Waals surface area (Å²) in [7, 11) is 1.63. The number of hydrogen-bond donors (Lipinski definition) is 3. The van der Waals surface area contributed by atoms with Gasteiger partial charge < -0.3 is 26.7 Å². The SMILES string of the molecule is COC1(CN=C(N)N=C(N)N)CCOC1. The Labute approximate surface area is 88.3 Å². The van der Waals surface area contributed by atoms with Crippen LogP contribution in [0.2, 0.25) is 0 Å². The number of methoxy groups -OCH3 is 1. The summed E-state index contributed by atoms with van der Waals surface area (Å²) in [6.07, 6.45) is 0.794. The van der Waals surface area contributed by atoms with Crippen molar-refractivity contribution in [3.8, 4) is 0 Å². The van der Waals surface area contributed by atoms with Crippen LogP contribution in [0.15, 0.2) is 9.98 Å². The average molecular weight is 215 g/mol. The summed E-state index contributed by atoms with van der Waals surface area (Å²) in [5, 5.41) is 0. The number of nitrogens with two attached hydrogens (primary N) is 3. The number of aliphatic imine (C=N–C) groups is 2. The van der Waals surface area contributed by atoms with Gasteiger partial charge in [-0.2, -0.15) is 4.99 Å². The maximum atomic E-state index is 5.47. The Morgan fingerprint density at radius 2 is 2.20 bits per heavy atom. The number of ether oxygens (including phenoxy) is 2. The molecule has 0 aromatic heterocycles. The maximum absolute atomic E-state index is 5.47. The second-order valence-electron chi connectivity index (χ2n) is 3.40. The van der Waals surface area contributed by atoms with E-state index in [1.807, 2.05) is 0 Å². The van der Waals surface area contributed by atoms with Gasteiger partial charge in [0.2, 0.25) is 5.96 Å². The molecule has 0 bridgehead atoms. The lowest BCUT2D eigenvalue weighted by Crippen LogP contribution is -2.36. The third kappa shape index (κ3) is 3.37. The Bertz CT molecular complexity index is 266. The van der Waals surface area contributed by atoms with Crippen LogP contribution >= 0.6 is 0 Å². The highest BCUT2D eigenvalue weighted by molar-refractivity contribution is 5.92. The lowest BCUT2D eigenvalue weighted by Gasteiger charge is -2.23. The normalized spacial score (nSPS) is 26.6. The van der Waals surface area contributed by atoms with Crippen LogP contribution in [0.5, 0.6) is 0 Å². The minimum absolute atomic E-state index is 0.0540. The van der Waals surface area contributed by atoms with Gasteiger partial charge in [-0.1, -0.05) is 0 Å². The van der Waals surface area contributed by atoms with Gasteiger partial charge in [0, 0.05) is 20.1 Å². The maximum Gasteiger partial charge on any atom is 0.218 e. The fourth-order valence-electron chi connectivity index (χ4n) is 1.33. The molecule has 1 heterocycles. The van der Waals surface area contributed by atoms with E-state index in [2.05, 4.69) is 9.98 Å². The van der Waals surface area contributed by atoms with Gasteiger partial charge in [0.15, 0.2) is 5.96 Å². The molecule has 1 saturated heterocycles. The van der Waals surface area contributed by atoms with E-state index in [0.717, 1.165) is 6.42 Å².